The molecule has 6 heteroatoms. The van der Waals surface area contributed by atoms with Crippen molar-refractivity contribution in [3.8, 4) is 5.75 Å². The van der Waals surface area contributed by atoms with Crippen molar-refractivity contribution in [1.82, 2.24) is 0 Å². The number of hydrogen-bond donors (Lipinski definition) is 3. The lowest BCUT2D eigenvalue weighted by molar-refractivity contribution is 0.0693. The molecule has 0 aliphatic heterocycles. The molecule has 0 spiro atoms. The predicted octanol–water partition coefficient (Wildman–Crippen LogP) is 2.79. The highest BCUT2D eigenvalue weighted by Crippen LogP contribution is 2.23. The number of aromatic carboxylic acids is 1. The minimum absolute atomic E-state index is 0.0180. The van der Waals surface area contributed by atoms with Gasteiger partial charge in [0.25, 0.3) is 5.91 Å². The van der Waals surface area contributed by atoms with Gasteiger partial charge in [-0.2, -0.15) is 0 Å². The summed E-state index contributed by atoms with van der Waals surface area (Å²) in [4.78, 5) is 23.1. The van der Waals surface area contributed by atoms with Crippen LogP contribution in [0.1, 0.15) is 26.3 Å². The fourth-order valence-corrected chi connectivity index (χ4v) is 1.87. The highest BCUT2D eigenvalue weighted by Gasteiger charge is 2.19. The molecule has 3 N–H and O–H groups in total. The van der Waals surface area contributed by atoms with Crippen molar-refractivity contribution >= 4 is 17.6 Å². The first-order valence-corrected chi connectivity index (χ1v) is 6.03. The van der Waals surface area contributed by atoms with E-state index in [9.17, 15) is 19.1 Å². The Bertz CT molecular complexity index is 728. The van der Waals surface area contributed by atoms with Crippen LogP contribution in [0.25, 0.3) is 0 Å². The van der Waals surface area contributed by atoms with Crippen LogP contribution in [0.3, 0.4) is 0 Å². The standard InChI is InChI=1S/C15H12FNO4/c1-8-5-6-12(18)9(7-8)14(19)17-11-4-2-3-10(16)13(11)15(20)21/h2-7,18H,1H3,(H,17,19)(H,20,21). The second-order valence-electron chi connectivity index (χ2n) is 4.44. The zero-order chi connectivity index (χ0) is 15.6. The number of carboxylic acid groups (broad SMARTS) is 1. The molecule has 0 bridgehead atoms. The van der Waals surface area contributed by atoms with Crippen molar-refractivity contribution < 1.29 is 24.2 Å². The first-order chi connectivity index (χ1) is 9.90. The normalized spacial score (nSPS) is 10.2. The minimum Gasteiger partial charge on any atom is -0.507 e. The Kier molecular flexibility index (Phi) is 3.89. The summed E-state index contributed by atoms with van der Waals surface area (Å²) < 4.78 is 13.5. The second kappa shape index (κ2) is 5.62. The zero-order valence-electron chi connectivity index (χ0n) is 11.1. The van der Waals surface area contributed by atoms with Gasteiger partial charge < -0.3 is 15.5 Å². The molecule has 0 aliphatic rings. The van der Waals surface area contributed by atoms with E-state index in [1.165, 1.54) is 24.3 Å². The van der Waals surface area contributed by atoms with Crippen LogP contribution in [0, 0.1) is 12.7 Å². The molecule has 0 unspecified atom stereocenters. The number of aryl methyl sites for hydroxylation is 1. The van der Waals surface area contributed by atoms with Crippen molar-refractivity contribution in [2.75, 3.05) is 5.32 Å². The van der Waals surface area contributed by atoms with Crippen LogP contribution in [-0.2, 0) is 0 Å². The molecule has 0 aliphatic carbocycles. The highest BCUT2D eigenvalue weighted by molar-refractivity contribution is 6.09. The molecule has 0 radical (unpaired) electrons. The van der Waals surface area contributed by atoms with Crippen LogP contribution >= 0.6 is 0 Å². The molecule has 2 aromatic carbocycles. The summed E-state index contributed by atoms with van der Waals surface area (Å²) in [7, 11) is 0. The minimum atomic E-state index is -1.49. The average Bonchev–Trinajstić information content (AvgIpc) is 2.41. The van der Waals surface area contributed by atoms with Gasteiger partial charge in [0, 0.05) is 0 Å². The number of nitrogens with one attached hydrogen (secondary N) is 1. The molecular formula is C15H12FNO4. The molecule has 1 amide bonds. The maximum absolute atomic E-state index is 13.5. The van der Waals surface area contributed by atoms with E-state index in [0.717, 1.165) is 11.6 Å². The Hall–Kier alpha value is -2.89. The molecule has 108 valence electrons. The molecule has 5 nitrogen and oxygen atoms in total. The third-order valence-electron chi connectivity index (χ3n) is 2.87. The van der Waals surface area contributed by atoms with E-state index in [4.69, 9.17) is 5.11 Å². The van der Waals surface area contributed by atoms with Gasteiger partial charge >= 0.3 is 5.97 Å². The highest BCUT2D eigenvalue weighted by atomic mass is 19.1. The van der Waals surface area contributed by atoms with E-state index in [1.807, 2.05) is 0 Å². The molecule has 0 heterocycles. The zero-order valence-corrected chi connectivity index (χ0v) is 11.1. The fourth-order valence-electron chi connectivity index (χ4n) is 1.87. The van der Waals surface area contributed by atoms with Crippen molar-refractivity contribution in [2.45, 2.75) is 6.92 Å². The van der Waals surface area contributed by atoms with Crippen LogP contribution in [0.5, 0.6) is 5.75 Å². The van der Waals surface area contributed by atoms with Crippen molar-refractivity contribution in [2.24, 2.45) is 0 Å². The summed E-state index contributed by atoms with van der Waals surface area (Å²) in [5.74, 6) is -3.40. The number of carboxylic acids is 1. The third kappa shape index (κ3) is 3.00. The van der Waals surface area contributed by atoms with E-state index in [-0.39, 0.29) is 17.0 Å². The monoisotopic (exact) mass is 289 g/mol. The van der Waals surface area contributed by atoms with Gasteiger partial charge in [-0.3, -0.25) is 4.79 Å². The van der Waals surface area contributed by atoms with Gasteiger partial charge in [0.1, 0.15) is 17.1 Å². The molecule has 0 aromatic heterocycles. The number of rotatable bonds is 3. The number of amides is 1. The number of carbonyl (C=O) groups is 2. The van der Waals surface area contributed by atoms with Gasteiger partial charge in [-0.1, -0.05) is 17.7 Å². The van der Waals surface area contributed by atoms with Gasteiger partial charge in [-0.05, 0) is 31.2 Å². The smallest absolute Gasteiger partial charge is 0.340 e. The first-order valence-electron chi connectivity index (χ1n) is 6.03. The van der Waals surface area contributed by atoms with E-state index < -0.39 is 23.3 Å². The molecule has 2 aromatic rings. The average molecular weight is 289 g/mol. The van der Waals surface area contributed by atoms with Crippen LogP contribution in [0.4, 0.5) is 10.1 Å². The molecular weight excluding hydrogens is 277 g/mol. The molecule has 0 fully saturated rings. The van der Waals surface area contributed by atoms with Gasteiger partial charge in [-0.15, -0.1) is 0 Å². The Morgan fingerprint density at radius 2 is 1.90 bits per heavy atom. The summed E-state index contributed by atoms with van der Waals surface area (Å²) in [6, 6.07) is 7.98. The van der Waals surface area contributed by atoms with Gasteiger partial charge in [0.2, 0.25) is 0 Å². The van der Waals surface area contributed by atoms with E-state index in [2.05, 4.69) is 5.32 Å². The lowest BCUT2D eigenvalue weighted by Crippen LogP contribution is -2.16. The van der Waals surface area contributed by atoms with Crippen LogP contribution in [0.2, 0.25) is 0 Å². The Balaban J connectivity index is 2.39. The first kappa shape index (κ1) is 14.5. The number of carbonyl (C=O) groups excluding carboxylic acids is 1. The van der Waals surface area contributed by atoms with Crippen LogP contribution in [0.15, 0.2) is 36.4 Å². The van der Waals surface area contributed by atoms with Crippen molar-refractivity contribution in [3.63, 3.8) is 0 Å². The number of hydrogen-bond acceptors (Lipinski definition) is 3. The van der Waals surface area contributed by atoms with E-state index in [0.29, 0.717) is 0 Å². The summed E-state index contributed by atoms with van der Waals surface area (Å²) >= 11 is 0. The van der Waals surface area contributed by atoms with Gasteiger partial charge in [-0.25, -0.2) is 9.18 Å². The summed E-state index contributed by atoms with van der Waals surface area (Å²) in [5, 5.41) is 21.0. The third-order valence-corrected chi connectivity index (χ3v) is 2.87. The summed E-state index contributed by atoms with van der Waals surface area (Å²) in [6.45, 7) is 1.74. The van der Waals surface area contributed by atoms with E-state index >= 15 is 0 Å². The van der Waals surface area contributed by atoms with Crippen molar-refractivity contribution in [1.29, 1.82) is 0 Å². The van der Waals surface area contributed by atoms with Gasteiger partial charge in [0.15, 0.2) is 0 Å². The summed E-state index contributed by atoms with van der Waals surface area (Å²) in [6.07, 6.45) is 0. The number of phenols is 1. The number of aromatic hydroxyl groups is 1. The number of phenolic OH excluding ortho intramolecular Hbond substituents is 1. The summed E-state index contributed by atoms with van der Waals surface area (Å²) in [5.41, 5.74) is -0.0716. The molecule has 21 heavy (non-hydrogen) atoms. The fraction of sp³-hybridized carbons (Fsp3) is 0.0667. The Labute approximate surface area is 119 Å². The SMILES string of the molecule is Cc1ccc(O)c(C(=O)Nc2cccc(F)c2C(=O)O)c1. The second-order valence-corrected chi connectivity index (χ2v) is 4.44. The molecule has 2 rings (SSSR count). The molecule has 0 saturated carbocycles. The van der Waals surface area contributed by atoms with E-state index in [1.54, 1.807) is 13.0 Å². The topological polar surface area (TPSA) is 86.6 Å². The largest absolute Gasteiger partial charge is 0.507 e. The Morgan fingerprint density at radius 1 is 1.19 bits per heavy atom. The molecule has 0 atom stereocenters. The predicted molar refractivity (Wildman–Crippen MR) is 74.2 cm³/mol. The van der Waals surface area contributed by atoms with Crippen LogP contribution in [-0.4, -0.2) is 22.1 Å². The lowest BCUT2D eigenvalue weighted by Gasteiger charge is -2.10. The maximum Gasteiger partial charge on any atom is 0.340 e. The number of benzene rings is 2. The quantitative estimate of drug-likeness (QED) is 0.811. The van der Waals surface area contributed by atoms with Crippen molar-refractivity contribution in [3.05, 3.63) is 58.9 Å². The number of halogens is 1. The molecule has 0 saturated heterocycles. The van der Waals surface area contributed by atoms with Gasteiger partial charge in [0.05, 0.1) is 11.3 Å². The van der Waals surface area contributed by atoms with Crippen LogP contribution < -0.4 is 5.32 Å². The Morgan fingerprint density at radius 3 is 2.57 bits per heavy atom. The maximum atomic E-state index is 13.5. The lowest BCUT2D eigenvalue weighted by atomic mass is 10.1. The number of anilines is 1.